The van der Waals surface area contributed by atoms with Crippen molar-refractivity contribution in [1.82, 2.24) is 14.1 Å². The summed E-state index contributed by atoms with van der Waals surface area (Å²) in [5, 5.41) is 15.4. The number of para-hydroxylation sites is 1. The first-order chi connectivity index (χ1) is 11.5. The van der Waals surface area contributed by atoms with Crippen LogP contribution in [0, 0.1) is 10.1 Å². The van der Waals surface area contributed by atoms with Crippen molar-refractivity contribution >= 4 is 15.7 Å². The molecule has 128 valence electrons. The second kappa shape index (κ2) is 6.33. The molecule has 1 aromatic carbocycles. The number of nitro groups is 1. The Morgan fingerprint density at radius 2 is 2.08 bits per heavy atom. The van der Waals surface area contributed by atoms with Crippen LogP contribution in [-0.4, -0.2) is 34.0 Å². The minimum atomic E-state index is -3.96. The van der Waals surface area contributed by atoms with E-state index in [4.69, 9.17) is 0 Å². The maximum Gasteiger partial charge on any atom is 0.289 e. The lowest BCUT2D eigenvalue weighted by molar-refractivity contribution is -0.387. The second-order valence-corrected chi connectivity index (χ2v) is 7.43. The number of sulfonamides is 1. The number of hydrogen-bond acceptors (Lipinski definition) is 5. The van der Waals surface area contributed by atoms with Crippen molar-refractivity contribution in [3.05, 3.63) is 52.3 Å². The highest BCUT2D eigenvalue weighted by Crippen LogP contribution is 2.38. The van der Waals surface area contributed by atoms with Gasteiger partial charge in [-0.1, -0.05) is 12.1 Å². The van der Waals surface area contributed by atoms with E-state index in [1.165, 1.54) is 28.6 Å². The fourth-order valence-electron chi connectivity index (χ4n) is 3.17. The van der Waals surface area contributed by atoms with Crippen molar-refractivity contribution < 1.29 is 13.3 Å². The van der Waals surface area contributed by atoms with E-state index in [0.29, 0.717) is 25.9 Å². The first kappa shape index (κ1) is 16.6. The largest absolute Gasteiger partial charge is 0.289 e. The molecule has 9 heteroatoms. The molecular weight excluding hydrogens is 332 g/mol. The van der Waals surface area contributed by atoms with E-state index < -0.39 is 20.6 Å². The number of nitro benzene ring substituents is 1. The average molecular weight is 350 g/mol. The topological polar surface area (TPSA) is 98.3 Å². The molecule has 1 fully saturated rings. The van der Waals surface area contributed by atoms with Crippen LogP contribution in [-0.2, 0) is 16.6 Å². The van der Waals surface area contributed by atoms with Gasteiger partial charge in [-0.2, -0.15) is 9.40 Å². The predicted molar refractivity (Wildman–Crippen MR) is 86.9 cm³/mol. The summed E-state index contributed by atoms with van der Waals surface area (Å²) in [6.45, 7) is 2.92. The van der Waals surface area contributed by atoms with Crippen LogP contribution in [0.3, 0.4) is 0 Å². The molecule has 8 nitrogen and oxygen atoms in total. The highest BCUT2D eigenvalue weighted by Gasteiger charge is 2.40. The molecule has 0 N–H and O–H groups in total. The van der Waals surface area contributed by atoms with Gasteiger partial charge in [0.2, 0.25) is 0 Å². The Labute approximate surface area is 139 Å². The second-order valence-electron chi connectivity index (χ2n) is 5.57. The summed E-state index contributed by atoms with van der Waals surface area (Å²) >= 11 is 0. The van der Waals surface area contributed by atoms with E-state index in [-0.39, 0.29) is 10.9 Å². The van der Waals surface area contributed by atoms with Gasteiger partial charge in [-0.15, -0.1) is 0 Å². The zero-order chi connectivity index (χ0) is 17.3. The van der Waals surface area contributed by atoms with Crippen LogP contribution in [0.5, 0.6) is 0 Å². The molecule has 0 bridgehead atoms. The van der Waals surface area contributed by atoms with E-state index in [9.17, 15) is 18.5 Å². The summed E-state index contributed by atoms with van der Waals surface area (Å²) in [6.07, 6.45) is 3.03. The van der Waals surface area contributed by atoms with Crippen LogP contribution in [0.4, 0.5) is 5.69 Å². The van der Waals surface area contributed by atoms with Gasteiger partial charge in [0.05, 0.1) is 16.7 Å². The first-order valence-corrected chi connectivity index (χ1v) is 9.17. The molecule has 0 radical (unpaired) electrons. The van der Waals surface area contributed by atoms with Crippen LogP contribution in [0.2, 0.25) is 0 Å². The summed E-state index contributed by atoms with van der Waals surface area (Å²) < 4.78 is 29.2. The summed E-state index contributed by atoms with van der Waals surface area (Å²) in [4.78, 5) is 10.3. The molecule has 2 heterocycles. The van der Waals surface area contributed by atoms with Crippen LogP contribution in [0.25, 0.3) is 0 Å². The van der Waals surface area contributed by atoms with Gasteiger partial charge in [-0.25, -0.2) is 8.42 Å². The molecule has 1 atom stereocenters. The molecule has 2 aromatic rings. The van der Waals surface area contributed by atoms with Gasteiger partial charge in [0.1, 0.15) is 0 Å². The van der Waals surface area contributed by atoms with E-state index in [1.807, 2.05) is 6.92 Å². The molecule has 1 saturated heterocycles. The zero-order valence-corrected chi connectivity index (χ0v) is 14.0. The predicted octanol–water partition coefficient (Wildman–Crippen LogP) is 2.34. The highest BCUT2D eigenvalue weighted by atomic mass is 32.2. The molecular formula is C15H18N4O4S. The molecule has 0 aliphatic carbocycles. The van der Waals surface area contributed by atoms with Gasteiger partial charge in [-0.3, -0.25) is 14.8 Å². The Bertz CT molecular complexity index is 862. The quantitative estimate of drug-likeness (QED) is 0.609. The Morgan fingerprint density at radius 1 is 1.33 bits per heavy atom. The van der Waals surface area contributed by atoms with Crippen LogP contribution < -0.4 is 0 Å². The fourth-order valence-corrected chi connectivity index (χ4v) is 4.99. The lowest BCUT2D eigenvalue weighted by atomic mass is 10.1. The first-order valence-electron chi connectivity index (χ1n) is 7.73. The molecule has 1 unspecified atom stereocenters. The number of rotatable bonds is 5. The lowest BCUT2D eigenvalue weighted by Gasteiger charge is -2.24. The molecule has 0 saturated carbocycles. The molecule has 1 aliphatic rings. The number of aromatic nitrogens is 2. The molecule has 0 spiro atoms. The van der Waals surface area contributed by atoms with E-state index >= 15 is 0 Å². The zero-order valence-electron chi connectivity index (χ0n) is 13.2. The van der Waals surface area contributed by atoms with Crippen molar-refractivity contribution in [3.63, 3.8) is 0 Å². The highest BCUT2D eigenvalue weighted by molar-refractivity contribution is 7.89. The van der Waals surface area contributed by atoms with E-state index in [2.05, 4.69) is 5.10 Å². The standard InChI is InChI=1S/C15H18N4O4S/c1-2-17-12(9-10-16-17)13-7-5-11-18(13)24(22,23)15-8-4-3-6-14(15)19(20)21/h3-4,6,8-10,13H,2,5,7,11H2,1H3. The van der Waals surface area contributed by atoms with Crippen LogP contribution >= 0.6 is 0 Å². The third kappa shape index (κ3) is 2.69. The molecule has 0 amide bonds. The van der Waals surface area contributed by atoms with Crippen molar-refractivity contribution in [2.45, 2.75) is 37.2 Å². The van der Waals surface area contributed by atoms with Crippen molar-refractivity contribution in [2.75, 3.05) is 6.54 Å². The van der Waals surface area contributed by atoms with Gasteiger partial charge in [0.15, 0.2) is 4.90 Å². The van der Waals surface area contributed by atoms with Gasteiger partial charge < -0.3 is 0 Å². The SMILES string of the molecule is CCn1nccc1C1CCCN1S(=O)(=O)c1ccccc1[N+](=O)[O-]. The normalized spacial score (nSPS) is 18.8. The average Bonchev–Trinajstić information content (AvgIpc) is 3.23. The van der Waals surface area contributed by atoms with Crippen molar-refractivity contribution in [2.24, 2.45) is 0 Å². The molecule has 1 aliphatic heterocycles. The van der Waals surface area contributed by atoms with Gasteiger partial charge >= 0.3 is 0 Å². The van der Waals surface area contributed by atoms with E-state index in [1.54, 1.807) is 16.9 Å². The third-order valence-electron chi connectivity index (χ3n) is 4.24. The number of benzene rings is 1. The number of aryl methyl sites for hydroxylation is 1. The van der Waals surface area contributed by atoms with Crippen LogP contribution in [0.15, 0.2) is 41.4 Å². The summed E-state index contributed by atoms with van der Waals surface area (Å²) in [5.74, 6) is 0. The van der Waals surface area contributed by atoms with Gasteiger partial charge in [-0.05, 0) is 31.9 Å². The summed E-state index contributed by atoms with van der Waals surface area (Å²) in [7, 11) is -3.96. The Hall–Kier alpha value is -2.26. The minimum absolute atomic E-state index is 0.260. The molecule has 3 rings (SSSR count). The minimum Gasteiger partial charge on any atom is -0.268 e. The summed E-state index contributed by atoms with van der Waals surface area (Å²) in [5.41, 5.74) is 0.421. The van der Waals surface area contributed by atoms with Crippen molar-refractivity contribution in [1.29, 1.82) is 0 Å². The number of nitrogens with zero attached hydrogens (tertiary/aromatic N) is 4. The molecule has 24 heavy (non-hydrogen) atoms. The lowest BCUT2D eigenvalue weighted by Crippen LogP contribution is -2.32. The number of hydrogen-bond donors (Lipinski definition) is 0. The van der Waals surface area contributed by atoms with Crippen LogP contribution in [0.1, 0.15) is 31.5 Å². The van der Waals surface area contributed by atoms with Gasteiger partial charge in [0.25, 0.3) is 15.7 Å². The summed E-state index contributed by atoms with van der Waals surface area (Å²) in [6, 6.07) is 6.93. The smallest absolute Gasteiger partial charge is 0.268 e. The third-order valence-corrected chi connectivity index (χ3v) is 6.20. The maximum atomic E-state index is 13.1. The van der Waals surface area contributed by atoms with E-state index in [0.717, 1.165) is 5.69 Å². The fraction of sp³-hybridized carbons (Fsp3) is 0.400. The van der Waals surface area contributed by atoms with Crippen molar-refractivity contribution in [3.8, 4) is 0 Å². The Morgan fingerprint density at radius 3 is 2.79 bits per heavy atom. The Kier molecular flexibility index (Phi) is 4.37. The molecule has 1 aromatic heterocycles. The van der Waals surface area contributed by atoms with Gasteiger partial charge in [0, 0.05) is 25.4 Å². The maximum absolute atomic E-state index is 13.1. The monoisotopic (exact) mass is 350 g/mol. The Balaban J connectivity index is 2.05.